The van der Waals surface area contributed by atoms with Crippen LogP contribution in [0.15, 0.2) is 24.3 Å². The lowest BCUT2D eigenvalue weighted by Gasteiger charge is -2.22. The Morgan fingerprint density at radius 1 is 1.27 bits per heavy atom. The molecule has 0 spiro atoms. The van der Waals surface area contributed by atoms with Gasteiger partial charge < -0.3 is 5.11 Å². The van der Waals surface area contributed by atoms with Crippen molar-refractivity contribution in [2.75, 3.05) is 5.75 Å². The maximum absolute atomic E-state index is 12.6. The molecule has 15 heavy (non-hydrogen) atoms. The van der Waals surface area contributed by atoms with E-state index in [1.165, 1.54) is 12.1 Å². The van der Waals surface area contributed by atoms with E-state index in [0.29, 0.717) is 5.56 Å². The molecule has 1 N–H and O–H groups in total. The summed E-state index contributed by atoms with van der Waals surface area (Å²) in [5.41, 5.74) is -0.136. The van der Waals surface area contributed by atoms with Crippen molar-refractivity contribution >= 4 is 10.2 Å². The monoisotopic (exact) mass is 232 g/mol. The summed E-state index contributed by atoms with van der Waals surface area (Å²) in [6.07, 6.45) is 0. The maximum atomic E-state index is 12.6. The highest BCUT2D eigenvalue weighted by atomic mass is 32.3. The summed E-state index contributed by atoms with van der Waals surface area (Å²) in [5.74, 6) is -0.470. The van der Waals surface area contributed by atoms with Crippen LogP contribution in [-0.4, -0.2) is 19.3 Å². The SMILES string of the molecule is CC(C)(CS(=O)(=O)F)c1ccc(O)cc1. The van der Waals surface area contributed by atoms with Crippen LogP contribution in [0, 0.1) is 0 Å². The molecule has 0 amide bonds. The van der Waals surface area contributed by atoms with E-state index < -0.39 is 21.4 Å². The molecule has 0 bridgehead atoms. The summed E-state index contributed by atoms with van der Waals surface area (Å²) < 4.78 is 33.7. The Balaban J connectivity index is 3.00. The molecule has 0 atom stereocenters. The molecule has 0 aromatic heterocycles. The van der Waals surface area contributed by atoms with Gasteiger partial charge in [0.15, 0.2) is 0 Å². The smallest absolute Gasteiger partial charge is 0.303 e. The standard InChI is InChI=1S/C10H13FO3S/c1-10(2,7-15(11,13)14)8-3-5-9(12)6-4-8/h3-6,12H,7H2,1-2H3. The summed E-state index contributed by atoms with van der Waals surface area (Å²) in [5, 5.41) is 9.06. The summed E-state index contributed by atoms with van der Waals surface area (Å²) in [6.45, 7) is 3.27. The van der Waals surface area contributed by atoms with Gasteiger partial charge in [0.1, 0.15) is 5.75 Å². The van der Waals surface area contributed by atoms with Crippen LogP contribution in [0.3, 0.4) is 0 Å². The Morgan fingerprint density at radius 3 is 2.13 bits per heavy atom. The number of halogens is 1. The molecular weight excluding hydrogens is 219 g/mol. The lowest BCUT2D eigenvalue weighted by Crippen LogP contribution is -2.26. The van der Waals surface area contributed by atoms with Crippen molar-refractivity contribution in [3.63, 3.8) is 0 Å². The van der Waals surface area contributed by atoms with E-state index in [4.69, 9.17) is 5.11 Å². The Kier molecular flexibility index (Phi) is 3.04. The zero-order chi connectivity index (χ0) is 11.7. The van der Waals surface area contributed by atoms with Crippen LogP contribution < -0.4 is 0 Å². The first kappa shape index (κ1) is 12.0. The van der Waals surface area contributed by atoms with Gasteiger partial charge in [0, 0.05) is 5.41 Å². The molecule has 0 heterocycles. The fraction of sp³-hybridized carbons (Fsp3) is 0.400. The minimum absolute atomic E-state index is 0.0951. The van der Waals surface area contributed by atoms with Gasteiger partial charge >= 0.3 is 10.2 Å². The van der Waals surface area contributed by atoms with Gasteiger partial charge in [0.25, 0.3) is 0 Å². The van der Waals surface area contributed by atoms with E-state index >= 15 is 0 Å². The third-order valence-corrected chi connectivity index (χ3v) is 3.25. The fourth-order valence-electron chi connectivity index (χ4n) is 1.43. The van der Waals surface area contributed by atoms with Crippen molar-refractivity contribution in [2.45, 2.75) is 19.3 Å². The molecule has 0 radical (unpaired) electrons. The Hall–Kier alpha value is -1.10. The number of aromatic hydroxyl groups is 1. The van der Waals surface area contributed by atoms with Crippen LogP contribution in [-0.2, 0) is 15.6 Å². The largest absolute Gasteiger partial charge is 0.508 e. The molecule has 0 aliphatic carbocycles. The quantitative estimate of drug-likeness (QED) is 0.810. The second-order valence-corrected chi connectivity index (χ2v) is 5.48. The lowest BCUT2D eigenvalue weighted by molar-refractivity contribution is 0.473. The topological polar surface area (TPSA) is 54.4 Å². The van der Waals surface area contributed by atoms with E-state index in [1.54, 1.807) is 26.0 Å². The van der Waals surface area contributed by atoms with Gasteiger partial charge in [0.05, 0.1) is 5.75 Å². The second kappa shape index (κ2) is 3.81. The Labute approximate surface area is 88.8 Å². The zero-order valence-electron chi connectivity index (χ0n) is 8.57. The van der Waals surface area contributed by atoms with Gasteiger partial charge in [-0.25, -0.2) is 0 Å². The molecule has 5 heteroatoms. The molecule has 84 valence electrons. The van der Waals surface area contributed by atoms with E-state index in [0.717, 1.165) is 0 Å². The Morgan fingerprint density at radius 2 is 1.73 bits per heavy atom. The molecule has 0 aliphatic rings. The van der Waals surface area contributed by atoms with Crippen LogP contribution in [0.4, 0.5) is 3.89 Å². The summed E-state index contributed by atoms with van der Waals surface area (Å²) in [4.78, 5) is 0. The molecule has 1 rings (SSSR count). The molecule has 1 aromatic carbocycles. The molecule has 0 fully saturated rings. The minimum atomic E-state index is -4.50. The molecule has 0 saturated carbocycles. The van der Waals surface area contributed by atoms with Crippen molar-refractivity contribution in [1.82, 2.24) is 0 Å². The highest BCUT2D eigenvalue weighted by Gasteiger charge is 2.27. The first-order valence-corrected chi connectivity index (χ1v) is 5.98. The van der Waals surface area contributed by atoms with E-state index in [1.807, 2.05) is 0 Å². The molecular formula is C10H13FO3S. The molecule has 3 nitrogen and oxygen atoms in total. The average Bonchev–Trinajstić information content (AvgIpc) is 2.00. The molecule has 0 saturated heterocycles. The molecule has 0 unspecified atom stereocenters. The van der Waals surface area contributed by atoms with Crippen molar-refractivity contribution in [3.05, 3.63) is 29.8 Å². The first-order chi connectivity index (χ1) is 6.71. The van der Waals surface area contributed by atoms with Gasteiger partial charge in [-0.3, -0.25) is 0 Å². The molecule has 1 aromatic rings. The van der Waals surface area contributed by atoms with Gasteiger partial charge in [-0.1, -0.05) is 26.0 Å². The van der Waals surface area contributed by atoms with Crippen molar-refractivity contribution in [2.24, 2.45) is 0 Å². The van der Waals surface area contributed by atoms with Crippen molar-refractivity contribution in [1.29, 1.82) is 0 Å². The highest BCUT2D eigenvalue weighted by molar-refractivity contribution is 7.86. The average molecular weight is 232 g/mol. The fourth-order valence-corrected chi connectivity index (χ4v) is 2.46. The van der Waals surface area contributed by atoms with Crippen molar-refractivity contribution in [3.8, 4) is 5.75 Å². The van der Waals surface area contributed by atoms with Crippen LogP contribution in [0.2, 0.25) is 0 Å². The second-order valence-electron chi connectivity index (χ2n) is 4.11. The molecule has 0 aliphatic heterocycles. The number of phenolic OH excluding ortho intramolecular Hbond substituents is 1. The van der Waals surface area contributed by atoms with Gasteiger partial charge in [-0.05, 0) is 17.7 Å². The number of hydrogen-bond acceptors (Lipinski definition) is 3. The van der Waals surface area contributed by atoms with Crippen LogP contribution in [0.5, 0.6) is 5.75 Å². The third kappa shape index (κ3) is 3.51. The van der Waals surface area contributed by atoms with Crippen LogP contribution >= 0.6 is 0 Å². The van der Waals surface area contributed by atoms with Gasteiger partial charge in [0.2, 0.25) is 0 Å². The Bertz CT molecular complexity index is 434. The minimum Gasteiger partial charge on any atom is -0.508 e. The van der Waals surface area contributed by atoms with Crippen molar-refractivity contribution < 1.29 is 17.4 Å². The summed E-state index contributed by atoms with van der Waals surface area (Å²) in [6, 6.07) is 6.06. The van der Waals surface area contributed by atoms with Crippen LogP contribution in [0.25, 0.3) is 0 Å². The predicted molar refractivity (Wildman–Crippen MR) is 56.0 cm³/mol. The van der Waals surface area contributed by atoms with Gasteiger partial charge in [-0.15, -0.1) is 3.89 Å². The maximum Gasteiger partial charge on any atom is 0.303 e. The predicted octanol–water partition coefficient (Wildman–Crippen LogP) is 1.97. The first-order valence-electron chi connectivity index (χ1n) is 4.42. The summed E-state index contributed by atoms with van der Waals surface area (Å²) >= 11 is 0. The van der Waals surface area contributed by atoms with E-state index in [2.05, 4.69) is 0 Å². The van der Waals surface area contributed by atoms with Gasteiger partial charge in [-0.2, -0.15) is 8.42 Å². The third-order valence-electron chi connectivity index (χ3n) is 2.18. The number of hydrogen-bond donors (Lipinski definition) is 1. The normalized spacial score (nSPS) is 12.7. The number of rotatable bonds is 3. The summed E-state index contributed by atoms with van der Waals surface area (Å²) in [7, 11) is -4.50. The zero-order valence-corrected chi connectivity index (χ0v) is 9.38. The number of phenols is 1. The van der Waals surface area contributed by atoms with E-state index in [-0.39, 0.29) is 5.75 Å². The lowest BCUT2D eigenvalue weighted by atomic mass is 9.87. The highest BCUT2D eigenvalue weighted by Crippen LogP contribution is 2.26. The number of benzene rings is 1. The van der Waals surface area contributed by atoms with Crippen LogP contribution in [0.1, 0.15) is 19.4 Å². The van der Waals surface area contributed by atoms with E-state index in [9.17, 15) is 12.3 Å².